The summed E-state index contributed by atoms with van der Waals surface area (Å²) in [5, 5.41) is 2.90. The Kier molecular flexibility index (Phi) is 3.90. The van der Waals surface area contributed by atoms with Gasteiger partial charge in [-0.15, -0.1) is 0 Å². The standard InChI is InChI=1S/C15H15BrN2O/c1-9-3-6-14(10(2)7-9)18-15(19)11-4-5-13(17)12(16)8-11/h3-8H,17H2,1-2H3,(H,18,19). The molecule has 0 bridgehead atoms. The van der Waals surface area contributed by atoms with Gasteiger partial charge in [0.05, 0.1) is 0 Å². The topological polar surface area (TPSA) is 55.1 Å². The molecule has 4 heteroatoms. The van der Waals surface area contributed by atoms with E-state index in [1.54, 1.807) is 18.2 Å². The molecule has 2 aromatic carbocycles. The molecule has 19 heavy (non-hydrogen) atoms. The summed E-state index contributed by atoms with van der Waals surface area (Å²) in [6, 6.07) is 11.1. The summed E-state index contributed by atoms with van der Waals surface area (Å²) in [4.78, 5) is 12.1. The third kappa shape index (κ3) is 3.15. The van der Waals surface area contributed by atoms with Gasteiger partial charge in [-0.25, -0.2) is 0 Å². The molecule has 0 aliphatic rings. The van der Waals surface area contributed by atoms with Gasteiger partial charge in [0.15, 0.2) is 0 Å². The van der Waals surface area contributed by atoms with Crippen LogP contribution in [0.25, 0.3) is 0 Å². The largest absolute Gasteiger partial charge is 0.398 e. The van der Waals surface area contributed by atoms with Crippen LogP contribution >= 0.6 is 15.9 Å². The molecule has 0 fully saturated rings. The Labute approximate surface area is 121 Å². The minimum atomic E-state index is -0.146. The average molecular weight is 319 g/mol. The van der Waals surface area contributed by atoms with Gasteiger partial charge in [-0.05, 0) is 59.6 Å². The van der Waals surface area contributed by atoms with E-state index in [-0.39, 0.29) is 5.91 Å². The number of amides is 1. The van der Waals surface area contributed by atoms with Crippen LogP contribution in [0.5, 0.6) is 0 Å². The van der Waals surface area contributed by atoms with Crippen LogP contribution in [-0.2, 0) is 0 Å². The average Bonchev–Trinajstić information content (AvgIpc) is 2.36. The molecule has 3 N–H and O–H groups in total. The lowest BCUT2D eigenvalue weighted by molar-refractivity contribution is 0.102. The number of hydrogen-bond acceptors (Lipinski definition) is 2. The van der Waals surface area contributed by atoms with Gasteiger partial charge in [0.2, 0.25) is 0 Å². The molecule has 2 aromatic rings. The lowest BCUT2D eigenvalue weighted by atomic mass is 10.1. The highest BCUT2D eigenvalue weighted by Crippen LogP contribution is 2.22. The normalized spacial score (nSPS) is 10.3. The fourth-order valence-corrected chi connectivity index (χ4v) is 2.20. The molecule has 0 spiro atoms. The monoisotopic (exact) mass is 318 g/mol. The second-order valence-corrected chi connectivity index (χ2v) is 5.36. The lowest BCUT2D eigenvalue weighted by Gasteiger charge is -2.10. The molecule has 0 aromatic heterocycles. The summed E-state index contributed by atoms with van der Waals surface area (Å²) >= 11 is 3.32. The number of hydrogen-bond donors (Lipinski definition) is 2. The predicted octanol–water partition coefficient (Wildman–Crippen LogP) is 3.90. The number of halogens is 1. The SMILES string of the molecule is Cc1ccc(NC(=O)c2ccc(N)c(Br)c2)c(C)c1. The van der Waals surface area contributed by atoms with Gasteiger partial charge in [0, 0.05) is 21.4 Å². The Morgan fingerprint density at radius 1 is 1.16 bits per heavy atom. The molecule has 0 aliphatic carbocycles. The molecular weight excluding hydrogens is 304 g/mol. The van der Waals surface area contributed by atoms with Gasteiger partial charge in [-0.2, -0.15) is 0 Å². The quantitative estimate of drug-likeness (QED) is 0.825. The highest BCUT2D eigenvalue weighted by atomic mass is 79.9. The van der Waals surface area contributed by atoms with Crippen molar-refractivity contribution in [2.45, 2.75) is 13.8 Å². The van der Waals surface area contributed by atoms with E-state index in [2.05, 4.69) is 21.2 Å². The molecule has 1 amide bonds. The summed E-state index contributed by atoms with van der Waals surface area (Å²) in [5.41, 5.74) is 9.93. The maximum Gasteiger partial charge on any atom is 0.255 e. The van der Waals surface area contributed by atoms with Crippen molar-refractivity contribution in [2.24, 2.45) is 0 Å². The minimum Gasteiger partial charge on any atom is -0.398 e. The molecule has 0 aliphatic heterocycles. The van der Waals surface area contributed by atoms with E-state index in [1.807, 2.05) is 32.0 Å². The molecule has 0 heterocycles. The van der Waals surface area contributed by atoms with Gasteiger partial charge < -0.3 is 11.1 Å². The Balaban J connectivity index is 2.23. The van der Waals surface area contributed by atoms with Crippen LogP contribution in [0.2, 0.25) is 0 Å². The number of carbonyl (C=O) groups is 1. The van der Waals surface area contributed by atoms with Crippen LogP contribution in [0.3, 0.4) is 0 Å². The molecule has 0 saturated heterocycles. The Hall–Kier alpha value is -1.81. The first-order valence-corrected chi connectivity index (χ1v) is 6.70. The van der Waals surface area contributed by atoms with Crippen LogP contribution in [0.1, 0.15) is 21.5 Å². The first-order valence-electron chi connectivity index (χ1n) is 5.91. The highest BCUT2D eigenvalue weighted by molar-refractivity contribution is 9.10. The van der Waals surface area contributed by atoms with Crippen molar-refractivity contribution in [1.82, 2.24) is 0 Å². The van der Waals surface area contributed by atoms with Crippen molar-refractivity contribution in [1.29, 1.82) is 0 Å². The molecular formula is C15H15BrN2O. The summed E-state index contributed by atoms with van der Waals surface area (Å²) in [6.45, 7) is 4.00. The first-order chi connectivity index (χ1) is 8.97. The number of rotatable bonds is 2. The fourth-order valence-electron chi connectivity index (χ4n) is 1.82. The molecule has 2 rings (SSSR count). The lowest BCUT2D eigenvalue weighted by Crippen LogP contribution is -2.13. The maximum absolute atomic E-state index is 12.1. The van der Waals surface area contributed by atoms with E-state index in [9.17, 15) is 4.79 Å². The number of aryl methyl sites for hydroxylation is 2. The van der Waals surface area contributed by atoms with Crippen LogP contribution in [0.4, 0.5) is 11.4 Å². The molecule has 0 atom stereocenters. The smallest absolute Gasteiger partial charge is 0.255 e. The predicted molar refractivity (Wildman–Crippen MR) is 82.4 cm³/mol. The third-order valence-corrected chi connectivity index (χ3v) is 3.58. The van der Waals surface area contributed by atoms with Gasteiger partial charge in [0.25, 0.3) is 5.91 Å². The van der Waals surface area contributed by atoms with Crippen LogP contribution in [0.15, 0.2) is 40.9 Å². The minimum absolute atomic E-state index is 0.146. The number of nitrogens with two attached hydrogens (primary N) is 1. The molecule has 98 valence electrons. The summed E-state index contributed by atoms with van der Waals surface area (Å²) in [6.07, 6.45) is 0. The first kappa shape index (κ1) is 13.6. The zero-order valence-corrected chi connectivity index (χ0v) is 12.4. The second kappa shape index (κ2) is 5.45. The molecule has 0 saturated carbocycles. The van der Waals surface area contributed by atoms with Crippen LogP contribution in [-0.4, -0.2) is 5.91 Å². The highest BCUT2D eigenvalue weighted by Gasteiger charge is 2.09. The molecule has 3 nitrogen and oxygen atoms in total. The van der Waals surface area contributed by atoms with Crippen molar-refractivity contribution in [3.8, 4) is 0 Å². The summed E-state index contributed by atoms with van der Waals surface area (Å²) in [7, 11) is 0. The molecule has 0 unspecified atom stereocenters. The van der Waals surface area contributed by atoms with Gasteiger partial charge in [-0.1, -0.05) is 17.7 Å². The Morgan fingerprint density at radius 3 is 2.53 bits per heavy atom. The van der Waals surface area contributed by atoms with Gasteiger partial charge >= 0.3 is 0 Å². The Morgan fingerprint density at radius 2 is 1.89 bits per heavy atom. The van der Waals surface area contributed by atoms with Crippen LogP contribution in [0, 0.1) is 13.8 Å². The second-order valence-electron chi connectivity index (χ2n) is 4.51. The van der Waals surface area contributed by atoms with Crippen molar-refractivity contribution in [3.63, 3.8) is 0 Å². The van der Waals surface area contributed by atoms with Crippen molar-refractivity contribution in [3.05, 3.63) is 57.6 Å². The fraction of sp³-hybridized carbons (Fsp3) is 0.133. The van der Waals surface area contributed by atoms with E-state index in [1.165, 1.54) is 5.56 Å². The van der Waals surface area contributed by atoms with Crippen molar-refractivity contribution < 1.29 is 4.79 Å². The number of carbonyl (C=O) groups excluding carboxylic acids is 1. The van der Waals surface area contributed by atoms with E-state index in [0.717, 1.165) is 15.7 Å². The third-order valence-electron chi connectivity index (χ3n) is 2.89. The maximum atomic E-state index is 12.1. The van der Waals surface area contributed by atoms with E-state index in [4.69, 9.17) is 5.73 Å². The van der Waals surface area contributed by atoms with Gasteiger partial charge in [0.1, 0.15) is 0 Å². The van der Waals surface area contributed by atoms with E-state index in [0.29, 0.717) is 11.3 Å². The van der Waals surface area contributed by atoms with Crippen molar-refractivity contribution >= 4 is 33.2 Å². The number of nitrogens with one attached hydrogen (secondary N) is 1. The van der Waals surface area contributed by atoms with Crippen molar-refractivity contribution in [2.75, 3.05) is 11.1 Å². The number of benzene rings is 2. The summed E-state index contributed by atoms with van der Waals surface area (Å²) in [5.74, 6) is -0.146. The van der Waals surface area contributed by atoms with E-state index < -0.39 is 0 Å². The van der Waals surface area contributed by atoms with Gasteiger partial charge in [-0.3, -0.25) is 4.79 Å². The number of anilines is 2. The molecule has 0 radical (unpaired) electrons. The summed E-state index contributed by atoms with van der Waals surface area (Å²) < 4.78 is 0.723. The van der Waals surface area contributed by atoms with Crippen LogP contribution < -0.4 is 11.1 Å². The van der Waals surface area contributed by atoms with E-state index >= 15 is 0 Å². The zero-order valence-electron chi connectivity index (χ0n) is 10.8. The zero-order chi connectivity index (χ0) is 14.0. The Bertz CT molecular complexity index is 638. The number of nitrogen functional groups attached to an aromatic ring is 1.